The van der Waals surface area contributed by atoms with Gasteiger partial charge in [-0.05, 0) is 27.6 Å². The zero-order chi connectivity index (χ0) is 13.9. The molecule has 0 radical (unpaired) electrons. The van der Waals surface area contributed by atoms with E-state index < -0.39 is 0 Å². The molecular weight excluding hydrogens is 244 g/mol. The molecule has 1 nitrogen and oxygen atoms in total. The van der Waals surface area contributed by atoms with Gasteiger partial charge in [0.1, 0.15) is 0 Å². The monoisotopic (exact) mass is 258 g/mol. The maximum atomic E-state index is 9.00. The fraction of sp³-hybridized carbons (Fsp3) is 0.0526. The Bertz CT molecular complexity index is 863. The van der Waals surface area contributed by atoms with Crippen LogP contribution in [0.2, 0.25) is 0 Å². The van der Waals surface area contributed by atoms with E-state index in [0.29, 0.717) is 5.57 Å². The van der Waals surface area contributed by atoms with E-state index in [-0.39, 0.29) is 6.61 Å². The fourth-order valence-electron chi connectivity index (χ4n) is 2.35. The summed E-state index contributed by atoms with van der Waals surface area (Å²) in [6.07, 6.45) is 0. The number of aliphatic hydroxyl groups is 1. The Morgan fingerprint density at radius 2 is 1.60 bits per heavy atom. The Labute approximate surface area is 118 Å². The van der Waals surface area contributed by atoms with Crippen molar-refractivity contribution in [1.82, 2.24) is 0 Å². The topological polar surface area (TPSA) is 20.2 Å². The van der Waals surface area contributed by atoms with Gasteiger partial charge in [-0.2, -0.15) is 0 Å². The summed E-state index contributed by atoms with van der Waals surface area (Å²) in [7, 11) is 0. The van der Waals surface area contributed by atoms with Crippen LogP contribution in [0.15, 0.2) is 66.7 Å². The van der Waals surface area contributed by atoms with Crippen LogP contribution in [0.1, 0.15) is 5.56 Å². The second-order valence-electron chi connectivity index (χ2n) is 4.70. The van der Waals surface area contributed by atoms with Crippen molar-refractivity contribution in [3.8, 4) is 11.8 Å². The van der Waals surface area contributed by atoms with Gasteiger partial charge in [-0.25, -0.2) is 0 Å². The average Bonchev–Trinajstić information content (AvgIpc) is 2.52. The molecule has 0 saturated heterocycles. The van der Waals surface area contributed by atoms with Crippen molar-refractivity contribution in [2.45, 2.75) is 0 Å². The van der Waals surface area contributed by atoms with Crippen molar-refractivity contribution in [3.63, 3.8) is 0 Å². The predicted octanol–water partition coefficient (Wildman–Crippen LogP) is 3.89. The summed E-state index contributed by atoms with van der Waals surface area (Å²) < 4.78 is 0. The maximum Gasteiger partial charge on any atom is 0.0754 e. The normalized spacial score (nSPS) is 10.2. The van der Waals surface area contributed by atoms with E-state index in [9.17, 15) is 0 Å². The lowest BCUT2D eigenvalue weighted by Crippen LogP contribution is -1.86. The van der Waals surface area contributed by atoms with Gasteiger partial charge in [0, 0.05) is 11.1 Å². The second-order valence-corrected chi connectivity index (χ2v) is 4.70. The highest BCUT2D eigenvalue weighted by Gasteiger charge is 2.03. The molecule has 3 rings (SSSR count). The van der Waals surface area contributed by atoms with E-state index in [1.165, 1.54) is 16.2 Å². The van der Waals surface area contributed by atoms with Crippen LogP contribution >= 0.6 is 0 Å². The molecule has 1 heteroatoms. The minimum atomic E-state index is -0.0987. The maximum absolute atomic E-state index is 9.00. The molecule has 3 aromatic carbocycles. The molecule has 0 heterocycles. The van der Waals surface area contributed by atoms with Crippen LogP contribution in [0.3, 0.4) is 0 Å². The van der Waals surface area contributed by atoms with Crippen molar-refractivity contribution in [3.05, 3.63) is 72.3 Å². The van der Waals surface area contributed by atoms with Gasteiger partial charge < -0.3 is 5.11 Å². The number of hydrogen-bond donors (Lipinski definition) is 1. The molecule has 0 aromatic heterocycles. The van der Waals surface area contributed by atoms with Gasteiger partial charge in [0.25, 0.3) is 0 Å². The van der Waals surface area contributed by atoms with Crippen LogP contribution in [0, 0.1) is 11.8 Å². The summed E-state index contributed by atoms with van der Waals surface area (Å²) in [5.41, 5.74) is 1.50. The standard InChI is InChI=1S/C19H14O/c1-14(13-20)10-11-16-12-15-6-2-3-7-17(15)19-9-5-4-8-18(16)19/h2-9,12,20H,1,13H2. The quantitative estimate of drug-likeness (QED) is 0.518. The summed E-state index contributed by atoms with van der Waals surface area (Å²) in [6.45, 7) is 3.61. The molecule has 0 amide bonds. The van der Waals surface area contributed by atoms with Crippen LogP contribution in [-0.4, -0.2) is 11.7 Å². The second kappa shape index (κ2) is 5.21. The van der Waals surface area contributed by atoms with Gasteiger partial charge in [0.2, 0.25) is 0 Å². The van der Waals surface area contributed by atoms with E-state index >= 15 is 0 Å². The molecule has 3 aromatic rings. The van der Waals surface area contributed by atoms with E-state index in [0.717, 1.165) is 10.9 Å². The average molecular weight is 258 g/mol. The highest BCUT2D eigenvalue weighted by molar-refractivity contribution is 6.09. The SMILES string of the molecule is C=C(C#Cc1cc2ccccc2c2ccccc12)CO. The minimum absolute atomic E-state index is 0.0987. The van der Waals surface area contributed by atoms with Crippen molar-refractivity contribution >= 4 is 21.5 Å². The summed E-state index contributed by atoms with van der Waals surface area (Å²) >= 11 is 0. The molecule has 0 atom stereocenters. The zero-order valence-electron chi connectivity index (χ0n) is 11.1. The van der Waals surface area contributed by atoms with Crippen LogP contribution in [0.5, 0.6) is 0 Å². The molecule has 1 N–H and O–H groups in total. The van der Waals surface area contributed by atoms with Gasteiger partial charge in [-0.15, -0.1) is 0 Å². The summed E-state index contributed by atoms with van der Waals surface area (Å²) in [4.78, 5) is 0. The Hall–Kier alpha value is -2.56. The highest BCUT2D eigenvalue weighted by atomic mass is 16.3. The molecule has 0 fully saturated rings. The minimum Gasteiger partial charge on any atom is -0.391 e. The Kier molecular flexibility index (Phi) is 3.25. The first-order valence-corrected chi connectivity index (χ1v) is 6.51. The summed E-state index contributed by atoms with van der Waals surface area (Å²) in [5, 5.41) is 13.7. The lowest BCUT2D eigenvalue weighted by molar-refractivity contribution is 0.336. The third-order valence-electron chi connectivity index (χ3n) is 3.33. The molecule has 20 heavy (non-hydrogen) atoms. The highest BCUT2D eigenvalue weighted by Crippen LogP contribution is 2.28. The van der Waals surface area contributed by atoms with Crippen molar-refractivity contribution in [2.75, 3.05) is 6.61 Å². The van der Waals surface area contributed by atoms with Crippen LogP contribution in [0.25, 0.3) is 21.5 Å². The Balaban J connectivity index is 2.34. The van der Waals surface area contributed by atoms with Gasteiger partial charge in [0.15, 0.2) is 0 Å². The number of rotatable bonds is 1. The predicted molar refractivity (Wildman–Crippen MR) is 84.6 cm³/mol. The first-order chi connectivity index (χ1) is 9.79. The summed E-state index contributed by atoms with van der Waals surface area (Å²) in [6, 6.07) is 18.6. The Morgan fingerprint density at radius 1 is 0.950 bits per heavy atom. The fourth-order valence-corrected chi connectivity index (χ4v) is 2.35. The smallest absolute Gasteiger partial charge is 0.0754 e. The van der Waals surface area contributed by atoms with E-state index in [1.54, 1.807) is 0 Å². The molecule has 0 aliphatic rings. The molecule has 96 valence electrons. The lowest BCUT2D eigenvalue weighted by atomic mass is 9.97. The third-order valence-corrected chi connectivity index (χ3v) is 3.33. The molecule has 0 spiro atoms. The third kappa shape index (κ3) is 2.18. The molecular formula is C19H14O. The van der Waals surface area contributed by atoms with Crippen molar-refractivity contribution < 1.29 is 5.11 Å². The van der Waals surface area contributed by atoms with Crippen molar-refractivity contribution in [1.29, 1.82) is 0 Å². The Morgan fingerprint density at radius 3 is 2.35 bits per heavy atom. The molecule has 0 aliphatic carbocycles. The molecule has 0 aliphatic heterocycles. The molecule has 0 unspecified atom stereocenters. The first-order valence-electron chi connectivity index (χ1n) is 6.51. The summed E-state index contributed by atoms with van der Waals surface area (Å²) in [5.74, 6) is 6.03. The van der Waals surface area contributed by atoms with Gasteiger partial charge in [-0.3, -0.25) is 0 Å². The number of aliphatic hydroxyl groups excluding tert-OH is 1. The van der Waals surface area contributed by atoms with Crippen LogP contribution in [-0.2, 0) is 0 Å². The number of hydrogen-bond acceptors (Lipinski definition) is 1. The van der Waals surface area contributed by atoms with E-state index in [1.807, 2.05) is 24.3 Å². The number of benzene rings is 3. The lowest BCUT2D eigenvalue weighted by Gasteiger charge is -2.06. The van der Waals surface area contributed by atoms with Gasteiger partial charge in [-0.1, -0.05) is 67.0 Å². The van der Waals surface area contributed by atoms with Crippen molar-refractivity contribution in [2.24, 2.45) is 0 Å². The first kappa shape index (κ1) is 12.5. The number of fused-ring (bicyclic) bond motifs is 3. The van der Waals surface area contributed by atoms with Gasteiger partial charge in [0.05, 0.1) is 6.61 Å². The largest absolute Gasteiger partial charge is 0.391 e. The zero-order valence-corrected chi connectivity index (χ0v) is 11.1. The van der Waals surface area contributed by atoms with E-state index in [2.05, 4.69) is 48.8 Å². The van der Waals surface area contributed by atoms with Crippen LogP contribution in [0.4, 0.5) is 0 Å². The van der Waals surface area contributed by atoms with Crippen LogP contribution < -0.4 is 0 Å². The molecule has 0 saturated carbocycles. The van der Waals surface area contributed by atoms with Gasteiger partial charge >= 0.3 is 0 Å². The van der Waals surface area contributed by atoms with E-state index in [4.69, 9.17) is 5.11 Å². The molecule has 0 bridgehead atoms.